The van der Waals surface area contributed by atoms with Crippen molar-refractivity contribution in [3.8, 4) is 0 Å². The second-order valence-electron chi connectivity index (χ2n) is 5.30. The number of hydrogen-bond donors (Lipinski definition) is 2. The number of rotatable bonds is 5. The topological polar surface area (TPSA) is 41.1 Å². The van der Waals surface area contributed by atoms with Gasteiger partial charge in [0.05, 0.1) is 0 Å². The minimum atomic E-state index is 0. The van der Waals surface area contributed by atoms with Crippen molar-refractivity contribution in [2.24, 2.45) is 0 Å². The third-order valence-electron chi connectivity index (χ3n) is 3.46. The first-order chi connectivity index (χ1) is 9.13. The largest absolute Gasteiger partial charge is 0.353 e. The molecule has 2 atom stereocenters. The molecule has 1 amide bonds. The van der Waals surface area contributed by atoms with Crippen molar-refractivity contribution in [1.29, 1.82) is 0 Å². The molecule has 1 saturated heterocycles. The standard InChI is InChI=1S/C15H21BrN2O.ClH/c1-11(9-12-4-6-13(16)7-5-12)18-15(19)10-14-3-2-8-17-14;/h4-7,11,14,17H,2-3,8-10H2,1H3,(H,18,19);1H. The maximum atomic E-state index is 11.9. The van der Waals surface area contributed by atoms with Crippen LogP contribution in [-0.4, -0.2) is 24.5 Å². The zero-order chi connectivity index (χ0) is 13.7. The summed E-state index contributed by atoms with van der Waals surface area (Å²) in [5.74, 6) is 0.156. The fourth-order valence-electron chi connectivity index (χ4n) is 2.51. The van der Waals surface area contributed by atoms with Crippen molar-refractivity contribution < 1.29 is 4.79 Å². The molecule has 1 heterocycles. The predicted molar refractivity (Wildman–Crippen MR) is 88.3 cm³/mol. The van der Waals surface area contributed by atoms with Crippen LogP contribution < -0.4 is 10.6 Å². The van der Waals surface area contributed by atoms with Gasteiger partial charge in [-0.05, 0) is 50.4 Å². The summed E-state index contributed by atoms with van der Waals surface area (Å²) in [4.78, 5) is 11.9. The molecule has 20 heavy (non-hydrogen) atoms. The van der Waals surface area contributed by atoms with Crippen LogP contribution in [0.15, 0.2) is 28.7 Å². The predicted octanol–water partition coefficient (Wildman–Crippen LogP) is 3.06. The molecule has 3 nitrogen and oxygen atoms in total. The number of benzene rings is 1. The van der Waals surface area contributed by atoms with Crippen molar-refractivity contribution in [3.05, 3.63) is 34.3 Å². The minimum absolute atomic E-state index is 0. The second kappa shape index (κ2) is 8.65. The monoisotopic (exact) mass is 360 g/mol. The SMILES string of the molecule is CC(Cc1ccc(Br)cc1)NC(=O)CC1CCCN1.Cl. The van der Waals surface area contributed by atoms with Crippen LogP contribution in [0.2, 0.25) is 0 Å². The van der Waals surface area contributed by atoms with Crippen LogP contribution in [0, 0.1) is 0 Å². The van der Waals surface area contributed by atoms with Gasteiger partial charge in [0.2, 0.25) is 5.91 Å². The maximum absolute atomic E-state index is 11.9. The summed E-state index contributed by atoms with van der Waals surface area (Å²) in [6.45, 7) is 3.11. The van der Waals surface area contributed by atoms with Crippen LogP contribution in [0.1, 0.15) is 31.7 Å². The molecule has 0 bridgehead atoms. The van der Waals surface area contributed by atoms with Gasteiger partial charge in [0.15, 0.2) is 0 Å². The molecule has 0 aliphatic carbocycles. The highest BCUT2D eigenvalue weighted by Crippen LogP contribution is 2.12. The van der Waals surface area contributed by atoms with Gasteiger partial charge in [-0.25, -0.2) is 0 Å². The van der Waals surface area contributed by atoms with Gasteiger partial charge < -0.3 is 10.6 Å². The summed E-state index contributed by atoms with van der Waals surface area (Å²) in [7, 11) is 0. The van der Waals surface area contributed by atoms with Gasteiger partial charge in [-0.2, -0.15) is 0 Å². The lowest BCUT2D eigenvalue weighted by Gasteiger charge is -2.16. The number of carbonyl (C=O) groups is 1. The second-order valence-corrected chi connectivity index (χ2v) is 6.21. The summed E-state index contributed by atoms with van der Waals surface area (Å²) in [5, 5.41) is 6.43. The molecule has 1 aromatic carbocycles. The molecule has 0 aromatic heterocycles. The molecule has 2 N–H and O–H groups in total. The van der Waals surface area contributed by atoms with E-state index in [1.165, 1.54) is 12.0 Å². The van der Waals surface area contributed by atoms with E-state index < -0.39 is 0 Å². The Kier molecular flexibility index (Phi) is 7.56. The first kappa shape index (κ1) is 17.5. The Hall–Kier alpha value is -0.580. The van der Waals surface area contributed by atoms with E-state index in [1.54, 1.807) is 0 Å². The molecule has 1 fully saturated rings. The number of carbonyl (C=O) groups excluding carboxylic acids is 1. The van der Waals surface area contributed by atoms with E-state index >= 15 is 0 Å². The Morgan fingerprint density at radius 1 is 1.45 bits per heavy atom. The molecule has 1 aliphatic rings. The van der Waals surface area contributed by atoms with Crippen molar-refractivity contribution in [2.75, 3.05) is 6.54 Å². The molecule has 2 rings (SSSR count). The maximum Gasteiger partial charge on any atom is 0.221 e. The third kappa shape index (κ3) is 5.81. The molecule has 5 heteroatoms. The molecule has 1 aliphatic heterocycles. The number of amides is 1. The normalized spacial score (nSPS) is 19.2. The molecule has 0 spiro atoms. The van der Waals surface area contributed by atoms with Crippen molar-refractivity contribution in [1.82, 2.24) is 10.6 Å². The van der Waals surface area contributed by atoms with Crippen LogP contribution in [0.3, 0.4) is 0 Å². The average molecular weight is 362 g/mol. The Bertz CT molecular complexity index is 418. The van der Waals surface area contributed by atoms with E-state index in [2.05, 4.69) is 45.6 Å². The van der Waals surface area contributed by atoms with E-state index in [9.17, 15) is 4.79 Å². The zero-order valence-electron chi connectivity index (χ0n) is 11.7. The first-order valence-electron chi connectivity index (χ1n) is 6.90. The van der Waals surface area contributed by atoms with Crippen molar-refractivity contribution >= 4 is 34.2 Å². The lowest BCUT2D eigenvalue weighted by molar-refractivity contribution is -0.122. The Labute approximate surface area is 135 Å². The molecule has 112 valence electrons. The Balaban J connectivity index is 0.00000200. The summed E-state index contributed by atoms with van der Waals surface area (Å²) in [6, 6.07) is 8.80. The highest BCUT2D eigenvalue weighted by Gasteiger charge is 2.18. The van der Waals surface area contributed by atoms with E-state index in [-0.39, 0.29) is 24.4 Å². The van der Waals surface area contributed by atoms with Gasteiger partial charge in [0.1, 0.15) is 0 Å². The number of nitrogens with one attached hydrogen (secondary N) is 2. The Morgan fingerprint density at radius 3 is 2.75 bits per heavy atom. The number of hydrogen-bond acceptors (Lipinski definition) is 2. The molecule has 1 aromatic rings. The fraction of sp³-hybridized carbons (Fsp3) is 0.533. The molecule has 2 unspecified atom stereocenters. The van der Waals surface area contributed by atoms with Crippen LogP contribution in [0.25, 0.3) is 0 Å². The lowest BCUT2D eigenvalue weighted by atomic mass is 10.1. The third-order valence-corrected chi connectivity index (χ3v) is 3.99. The van der Waals surface area contributed by atoms with Gasteiger partial charge in [0.25, 0.3) is 0 Å². The van der Waals surface area contributed by atoms with Crippen LogP contribution in [0.4, 0.5) is 0 Å². The molecule has 0 radical (unpaired) electrons. The quantitative estimate of drug-likeness (QED) is 0.846. The molecular weight excluding hydrogens is 340 g/mol. The fourth-order valence-corrected chi connectivity index (χ4v) is 2.78. The summed E-state index contributed by atoms with van der Waals surface area (Å²) in [6.07, 6.45) is 3.78. The molecule has 0 saturated carbocycles. The minimum Gasteiger partial charge on any atom is -0.353 e. The van der Waals surface area contributed by atoms with Gasteiger partial charge in [-0.15, -0.1) is 12.4 Å². The van der Waals surface area contributed by atoms with Crippen molar-refractivity contribution in [2.45, 2.75) is 44.7 Å². The van der Waals surface area contributed by atoms with Gasteiger partial charge >= 0.3 is 0 Å². The molecular formula is C15H22BrClN2O. The summed E-state index contributed by atoms with van der Waals surface area (Å²) >= 11 is 3.42. The smallest absolute Gasteiger partial charge is 0.221 e. The zero-order valence-corrected chi connectivity index (χ0v) is 14.1. The van der Waals surface area contributed by atoms with E-state index in [1.807, 2.05) is 12.1 Å². The van der Waals surface area contributed by atoms with E-state index in [4.69, 9.17) is 0 Å². The first-order valence-corrected chi connectivity index (χ1v) is 7.70. The van der Waals surface area contributed by atoms with Gasteiger partial charge in [0, 0.05) is 23.0 Å². The highest BCUT2D eigenvalue weighted by molar-refractivity contribution is 9.10. The van der Waals surface area contributed by atoms with Crippen LogP contribution in [-0.2, 0) is 11.2 Å². The average Bonchev–Trinajstić information content (AvgIpc) is 2.84. The van der Waals surface area contributed by atoms with Crippen LogP contribution in [0.5, 0.6) is 0 Å². The van der Waals surface area contributed by atoms with Gasteiger partial charge in [-0.3, -0.25) is 4.79 Å². The number of halogens is 2. The van der Waals surface area contributed by atoms with Crippen molar-refractivity contribution in [3.63, 3.8) is 0 Å². The van der Waals surface area contributed by atoms with E-state index in [0.29, 0.717) is 12.5 Å². The lowest BCUT2D eigenvalue weighted by Crippen LogP contribution is -2.37. The van der Waals surface area contributed by atoms with Gasteiger partial charge in [-0.1, -0.05) is 28.1 Å². The Morgan fingerprint density at radius 2 is 2.15 bits per heavy atom. The summed E-state index contributed by atoms with van der Waals surface area (Å²) in [5.41, 5.74) is 1.25. The van der Waals surface area contributed by atoms with E-state index in [0.717, 1.165) is 23.9 Å². The summed E-state index contributed by atoms with van der Waals surface area (Å²) < 4.78 is 1.08. The highest BCUT2D eigenvalue weighted by atomic mass is 79.9. The van der Waals surface area contributed by atoms with Crippen LogP contribution >= 0.6 is 28.3 Å².